The van der Waals surface area contributed by atoms with Crippen LogP contribution >= 0.6 is 0 Å². The molecule has 1 fully saturated rings. The molecule has 0 bridgehead atoms. The van der Waals surface area contributed by atoms with Crippen molar-refractivity contribution in [2.24, 2.45) is 0 Å². The Balaban J connectivity index is 2.28. The predicted octanol–water partition coefficient (Wildman–Crippen LogP) is -0.0229. The Morgan fingerprint density at radius 3 is 2.47 bits per heavy atom. The van der Waals surface area contributed by atoms with Gasteiger partial charge in [-0.1, -0.05) is 0 Å². The number of hydrogen-bond donors (Lipinski definition) is 2. The van der Waals surface area contributed by atoms with Gasteiger partial charge < -0.3 is 24.6 Å². The van der Waals surface area contributed by atoms with Crippen LogP contribution in [0.5, 0.6) is 0 Å². The topological polar surface area (TPSA) is 79.2 Å². The first-order valence-corrected chi connectivity index (χ1v) is 5.65. The molecule has 0 radical (unpaired) electrons. The molecule has 100 valence electrons. The second kappa shape index (κ2) is 5.20. The SMILES string of the molecule is CC(C)(C)OC(=O)N1CC(O)(COCCO)C1. The lowest BCUT2D eigenvalue weighted by atomic mass is 9.96. The van der Waals surface area contributed by atoms with Crippen LogP contribution in [0, 0.1) is 0 Å². The molecule has 1 aliphatic heterocycles. The Morgan fingerprint density at radius 1 is 1.41 bits per heavy atom. The van der Waals surface area contributed by atoms with Crippen LogP contribution in [0.2, 0.25) is 0 Å². The summed E-state index contributed by atoms with van der Waals surface area (Å²) in [6.45, 7) is 6.01. The molecule has 6 heteroatoms. The zero-order chi connectivity index (χ0) is 13.1. The zero-order valence-electron chi connectivity index (χ0n) is 10.6. The maximum Gasteiger partial charge on any atom is 0.410 e. The van der Waals surface area contributed by atoms with Gasteiger partial charge in [-0.05, 0) is 20.8 Å². The first-order valence-electron chi connectivity index (χ1n) is 5.65. The molecule has 0 aromatic rings. The molecule has 1 rings (SSSR count). The van der Waals surface area contributed by atoms with Gasteiger partial charge in [-0.25, -0.2) is 4.79 Å². The average Bonchev–Trinajstić information content (AvgIpc) is 2.11. The first-order chi connectivity index (χ1) is 7.76. The van der Waals surface area contributed by atoms with Gasteiger partial charge >= 0.3 is 6.09 Å². The van der Waals surface area contributed by atoms with E-state index in [-0.39, 0.29) is 32.9 Å². The quantitative estimate of drug-likeness (QED) is 0.682. The van der Waals surface area contributed by atoms with Crippen molar-refractivity contribution in [3.05, 3.63) is 0 Å². The summed E-state index contributed by atoms with van der Waals surface area (Å²) in [7, 11) is 0. The smallest absolute Gasteiger partial charge is 0.410 e. The molecule has 1 aliphatic rings. The van der Waals surface area contributed by atoms with Crippen LogP contribution in [-0.4, -0.2) is 65.3 Å². The minimum absolute atomic E-state index is 0.0775. The summed E-state index contributed by atoms with van der Waals surface area (Å²) in [4.78, 5) is 13.0. The second-order valence-electron chi connectivity index (χ2n) is 5.34. The highest BCUT2D eigenvalue weighted by molar-refractivity contribution is 5.69. The highest BCUT2D eigenvalue weighted by Crippen LogP contribution is 2.23. The van der Waals surface area contributed by atoms with Crippen LogP contribution in [0.1, 0.15) is 20.8 Å². The largest absolute Gasteiger partial charge is 0.444 e. The van der Waals surface area contributed by atoms with Crippen LogP contribution in [-0.2, 0) is 9.47 Å². The summed E-state index contributed by atoms with van der Waals surface area (Å²) >= 11 is 0. The van der Waals surface area contributed by atoms with E-state index in [9.17, 15) is 9.90 Å². The summed E-state index contributed by atoms with van der Waals surface area (Å²) in [5, 5.41) is 18.4. The van der Waals surface area contributed by atoms with E-state index in [0.29, 0.717) is 0 Å². The highest BCUT2D eigenvalue weighted by atomic mass is 16.6. The Hall–Kier alpha value is -0.850. The lowest BCUT2D eigenvalue weighted by Crippen LogP contribution is -2.66. The minimum Gasteiger partial charge on any atom is -0.444 e. The summed E-state index contributed by atoms with van der Waals surface area (Å²) in [5.41, 5.74) is -1.54. The van der Waals surface area contributed by atoms with E-state index < -0.39 is 17.3 Å². The van der Waals surface area contributed by atoms with Gasteiger partial charge in [0.15, 0.2) is 0 Å². The molecule has 0 aromatic carbocycles. The fraction of sp³-hybridized carbons (Fsp3) is 0.909. The van der Waals surface area contributed by atoms with E-state index in [2.05, 4.69) is 0 Å². The predicted molar refractivity (Wildman–Crippen MR) is 60.7 cm³/mol. The first kappa shape index (κ1) is 14.2. The molecule has 0 spiro atoms. The molecule has 0 atom stereocenters. The van der Waals surface area contributed by atoms with Gasteiger partial charge in [0.25, 0.3) is 0 Å². The van der Waals surface area contributed by atoms with Gasteiger partial charge in [0, 0.05) is 0 Å². The summed E-state index contributed by atoms with van der Waals surface area (Å²) in [5.74, 6) is 0. The van der Waals surface area contributed by atoms with E-state index in [0.717, 1.165) is 0 Å². The van der Waals surface area contributed by atoms with Crippen molar-refractivity contribution in [3.8, 4) is 0 Å². The molecule has 0 aliphatic carbocycles. The molecule has 0 saturated carbocycles. The maximum absolute atomic E-state index is 11.6. The van der Waals surface area contributed by atoms with E-state index in [1.807, 2.05) is 0 Å². The molecule has 6 nitrogen and oxygen atoms in total. The molecule has 17 heavy (non-hydrogen) atoms. The summed E-state index contributed by atoms with van der Waals surface area (Å²) in [6, 6.07) is 0. The fourth-order valence-corrected chi connectivity index (χ4v) is 1.54. The van der Waals surface area contributed by atoms with Crippen molar-refractivity contribution in [1.82, 2.24) is 4.90 Å². The number of β-amino-alcohol motifs (C(OH)–C–C–N with tert-alkyl or cyclic N) is 1. The van der Waals surface area contributed by atoms with Crippen LogP contribution in [0.3, 0.4) is 0 Å². The summed E-state index contributed by atoms with van der Waals surface area (Å²) in [6.07, 6.45) is -0.427. The molecule has 1 saturated heterocycles. The van der Waals surface area contributed by atoms with Gasteiger partial charge in [0.1, 0.15) is 11.2 Å². The van der Waals surface area contributed by atoms with Crippen molar-refractivity contribution < 1.29 is 24.5 Å². The van der Waals surface area contributed by atoms with Crippen LogP contribution in [0.15, 0.2) is 0 Å². The van der Waals surface area contributed by atoms with E-state index in [1.165, 1.54) is 4.90 Å². The zero-order valence-corrected chi connectivity index (χ0v) is 10.6. The maximum atomic E-state index is 11.6. The van der Waals surface area contributed by atoms with Gasteiger partial charge in [-0.2, -0.15) is 0 Å². The number of carbonyl (C=O) groups excluding carboxylic acids is 1. The van der Waals surface area contributed by atoms with E-state index in [1.54, 1.807) is 20.8 Å². The lowest BCUT2D eigenvalue weighted by molar-refractivity contribution is -0.137. The van der Waals surface area contributed by atoms with E-state index in [4.69, 9.17) is 14.6 Å². The average molecular weight is 247 g/mol. The third-order valence-electron chi connectivity index (χ3n) is 2.23. The Bertz CT molecular complexity index is 268. The van der Waals surface area contributed by atoms with Crippen molar-refractivity contribution >= 4 is 6.09 Å². The molecule has 0 aromatic heterocycles. The number of ether oxygens (including phenoxy) is 2. The third kappa shape index (κ3) is 4.49. The normalized spacial score (nSPS) is 18.8. The number of hydrogen-bond acceptors (Lipinski definition) is 5. The Kier molecular flexibility index (Phi) is 4.35. The van der Waals surface area contributed by atoms with Crippen molar-refractivity contribution in [2.45, 2.75) is 32.0 Å². The van der Waals surface area contributed by atoms with Crippen molar-refractivity contribution in [3.63, 3.8) is 0 Å². The van der Waals surface area contributed by atoms with Gasteiger partial charge in [0.2, 0.25) is 0 Å². The van der Waals surface area contributed by atoms with E-state index >= 15 is 0 Å². The van der Waals surface area contributed by atoms with Crippen molar-refractivity contribution in [1.29, 1.82) is 0 Å². The van der Waals surface area contributed by atoms with Gasteiger partial charge in [0.05, 0.1) is 32.9 Å². The number of likely N-dealkylation sites (tertiary alicyclic amines) is 1. The molecule has 1 heterocycles. The van der Waals surface area contributed by atoms with Crippen LogP contribution < -0.4 is 0 Å². The molecular formula is C11H21NO5. The molecule has 1 amide bonds. The number of nitrogens with zero attached hydrogens (tertiary/aromatic N) is 1. The number of carbonyl (C=O) groups is 1. The number of rotatable bonds is 4. The van der Waals surface area contributed by atoms with Gasteiger partial charge in [-0.15, -0.1) is 0 Å². The third-order valence-corrected chi connectivity index (χ3v) is 2.23. The Labute approximate surface area is 101 Å². The summed E-state index contributed by atoms with van der Waals surface area (Å²) < 4.78 is 10.2. The number of amides is 1. The second-order valence-corrected chi connectivity index (χ2v) is 5.34. The Morgan fingerprint density at radius 2 is 2.00 bits per heavy atom. The number of aliphatic hydroxyl groups excluding tert-OH is 1. The van der Waals surface area contributed by atoms with Crippen molar-refractivity contribution in [2.75, 3.05) is 32.9 Å². The standard InChI is InChI=1S/C11H21NO5/c1-10(2,3)17-9(14)12-6-11(15,7-12)8-16-5-4-13/h13,15H,4-8H2,1-3H3. The van der Waals surface area contributed by atoms with Crippen LogP contribution in [0.25, 0.3) is 0 Å². The van der Waals surface area contributed by atoms with Crippen LogP contribution in [0.4, 0.5) is 4.79 Å². The minimum atomic E-state index is -1.01. The molecular weight excluding hydrogens is 226 g/mol. The highest BCUT2D eigenvalue weighted by Gasteiger charge is 2.45. The molecule has 0 unspecified atom stereocenters. The lowest BCUT2D eigenvalue weighted by Gasteiger charge is -2.45. The molecule has 2 N–H and O–H groups in total. The van der Waals surface area contributed by atoms with Gasteiger partial charge in [-0.3, -0.25) is 0 Å². The monoisotopic (exact) mass is 247 g/mol. The number of aliphatic hydroxyl groups is 2. The fourth-order valence-electron chi connectivity index (χ4n) is 1.54.